The third-order valence-electron chi connectivity index (χ3n) is 3.27. The number of hydrogen-bond acceptors (Lipinski definition) is 4. The summed E-state index contributed by atoms with van der Waals surface area (Å²) in [6, 6.07) is 0. The molecule has 19 heavy (non-hydrogen) atoms. The zero-order valence-electron chi connectivity index (χ0n) is 11.7. The zero-order chi connectivity index (χ0) is 13.8. The van der Waals surface area contributed by atoms with E-state index in [9.17, 15) is 13.2 Å². The highest BCUT2D eigenvalue weighted by Gasteiger charge is 2.28. The third kappa shape index (κ3) is 5.64. The van der Waals surface area contributed by atoms with Gasteiger partial charge in [0.25, 0.3) is 0 Å². The molecule has 1 saturated heterocycles. The first-order valence-corrected chi connectivity index (χ1v) is 7.79. The van der Waals surface area contributed by atoms with Gasteiger partial charge in [0.05, 0.1) is 0 Å². The van der Waals surface area contributed by atoms with E-state index < -0.39 is 21.2 Å². The van der Waals surface area contributed by atoms with E-state index in [1.54, 1.807) is 14.1 Å². The van der Waals surface area contributed by atoms with E-state index in [0.717, 1.165) is 25.9 Å². The van der Waals surface area contributed by atoms with Crippen LogP contribution in [-0.4, -0.2) is 58.2 Å². The van der Waals surface area contributed by atoms with E-state index in [1.807, 2.05) is 0 Å². The van der Waals surface area contributed by atoms with Gasteiger partial charge in [-0.05, 0) is 38.8 Å². The Kier molecular flexibility index (Phi) is 7.88. The lowest BCUT2D eigenvalue weighted by atomic mass is 10.1. The number of sulfonamides is 1. The van der Waals surface area contributed by atoms with Crippen LogP contribution in [0.1, 0.15) is 19.8 Å². The Labute approximate surface area is 121 Å². The van der Waals surface area contributed by atoms with Crippen molar-refractivity contribution in [2.24, 2.45) is 5.92 Å². The van der Waals surface area contributed by atoms with Crippen molar-refractivity contribution in [2.45, 2.75) is 25.0 Å². The molecule has 2 unspecified atom stereocenters. The van der Waals surface area contributed by atoms with E-state index >= 15 is 0 Å². The molecule has 8 heteroatoms. The summed E-state index contributed by atoms with van der Waals surface area (Å²) >= 11 is 0. The molecule has 0 bridgehead atoms. The van der Waals surface area contributed by atoms with Crippen LogP contribution >= 0.6 is 12.4 Å². The van der Waals surface area contributed by atoms with Crippen molar-refractivity contribution in [3.05, 3.63) is 0 Å². The lowest BCUT2D eigenvalue weighted by Gasteiger charge is -2.18. The number of carbonyl (C=O) groups is 1. The highest BCUT2D eigenvalue weighted by atomic mass is 35.5. The maximum Gasteiger partial charge on any atom is 0.241 e. The molecule has 2 atom stereocenters. The van der Waals surface area contributed by atoms with Crippen molar-refractivity contribution in [2.75, 3.05) is 33.7 Å². The standard InChI is InChI=1S/C11H23N3O3S.ClH/c1-9(11(15)14(2)3)18(16,17)13-7-5-10-4-6-12-8-10;/h9-10,12-13H,4-8H2,1-3H3;1H. The van der Waals surface area contributed by atoms with Gasteiger partial charge in [0.1, 0.15) is 0 Å². The van der Waals surface area contributed by atoms with Gasteiger partial charge < -0.3 is 10.2 Å². The molecule has 6 nitrogen and oxygen atoms in total. The Morgan fingerprint density at radius 3 is 2.58 bits per heavy atom. The molecular formula is C11H24ClN3O3S. The fraction of sp³-hybridized carbons (Fsp3) is 0.909. The van der Waals surface area contributed by atoms with E-state index in [0.29, 0.717) is 12.5 Å². The molecule has 0 radical (unpaired) electrons. The summed E-state index contributed by atoms with van der Waals surface area (Å²) in [5.41, 5.74) is 0. The van der Waals surface area contributed by atoms with Gasteiger partial charge in [-0.25, -0.2) is 13.1 Å². The monoisotopic (exact) mass is 313 g/mol. The van der Waals surface area contributed by atoms with Gasteiger partial charge in [-0.15, -0.1) is 12.4 Å². The van der Waals surface area contributed by atoms with Crippen LogP contribution in [0.25, 0.3) is 0 Å². The van der Waals surface area contributed by atoms with Crippen molar-refractivity contribution in [3.63, 3.8) is 0 Å². The number of nitrogens with zero attached hydrogens (tertiary/aromatic N) is 1. The molecule has 2 N–H and O–H groups in total. The summed E-state index contributed by atoms with van der Waals surface area (Å²) in [6.45, 7) is 3.78. The van der Waals surface area contributed by atoms with Crippen molar-refractivity contribution in [1.82, 2.24) is 14.9 Å². The minimum absolute atomic E-state index is 0. The Balaban J connectivity index is 0.00000324. The molecule has 0 spiro atoms. The molecule has 0 aromatic rings. The van der Waals surface area contributed by atoms with Gasteiger partial charge >= 0.3 is 0 Å². The van der Waals surface area contributed by atoms with Crippen LogP contribution in [0.5, 0.6) is 0 Å². The highest BCUT2D eigenvalue weighted by Crippen LogP contribution is 2.11. The average Bonchev–Trinajstić information content (AvgIpc) is 2.79. The number of nitrogens with one attached hydrogen (secondary N) is 2. The van der Waals surface area contributed by atoms with Crippen LogP contribution in [0.2, 0.25) is 0 Å². The number of rotatable bonds is 6. The Morgan fingerprint density at radius 1 is 1.47 bits per heavy atom. The maximum atomic E-state index is 11.9. The van der Waals surface area contributed by atoms with Gasteiger partial charge in [-0.1, -0.05) is 0 Å². The predicted octanol–water partition coefficient (Wildman–Crippen LogP) is -0.196. The number of amides is 1. The van der Waals surface area contributed by atoms with Crippen molar-refractivity contribution >= 4 is 28.3 Å². The molecule has 1 amide bonds. The van der Waals surface area contributed by atoms with Crippen LogP contribution in [-0.2, 0) is 14.8 Å². The average molecular weight is 314 g/mol. The number of hydrogen-bond donors (Lipinski definition) is 2. The lowest BCUT2D eigenvalue weighted by Crippen LogP contribution is -2.43. The second-order valence-electron chi connectivity index (χ2n) is 4.96. The first-order chi connectivity index (χ1) is 8.34. The van der Waals surface area contributed by atoms with Crippen molar-refractivity contribution in [3.8, 4) is 0 Å². The summed E-state index contributed by atoms with van der Waals surface area (Å²) in [6.07, 6.45) is 1.91. The maximum absolute atomic E-state index is 11.9. The van der Waals surface area contributed by atoms with Crippen LogP contribution in [0.3, 0.4) is 0 Å². The van der Waals surface area contributed by atoms with Gasteiger partial charge in [0.2, 0.25) is 15.9 Å². The van der Waals surface area contributed by atoms with E-state index in [1.165, 1.54) is 11.8 Å². The normalized spacial score (nSPS) is 20.7. The zero-order valence-corrected chi connectivity index (χ0v) is 13.3. The summed E-state index contributed by atoms with van der Waals surface area (Å²) in [5, 5.41) is 2.20. The van der Waals surface area contributed by atoms with E-state index in [-0.39, 0.29) is 12.4 Å². The molecule has 0 saturated carbocycles. The summed E-state index contributed by atoms with van der Waals surface area (Å²) in [4.78, 5) is 12.9. The van der Waals surface area contributed by atoms with Gasteiger partial charge in [-0.2, -0.15) is 0 Å². The van der Waals surface area contributed by atoms with Crippen molar-refractivity contribution in [1.29, 1.82) is 0 Å². The topological polar surface area (TPSA) is 78.5 Å². The fourth-order valence-corrected chi connectivity index (χ4v) is 3.12. The summed E-state index contributed by atoms with van der Waals surface area (Å²) in [7, 11) is -0.450. The Bertz CT molecular complexity index is 381. The van der Waals surface area contributed by atoms with Gasteiger partial charge in [-0.3, -0.25) is 4.79 Å². The largest absolute Gasteiger partial charge is 0.348 e. The predicted molar refractivity (Wildman–Crippen MR) is 77.9 cm³/mol. The third-order valence-corrected chi connectivity index (χ3v) is 5.01. The molecule has 1 aliphatic heterocycles. The first-order valence-electron chi connectivity index (χ1n) is 6.25. The highest BCUT2D eigenvalue weighted by molar-refractivity contribution is 7.90. The molecule has 114 valence electrons. The smallest absolute Gasteiger partial charge is 0.241 e. The quantitative estimate of drug-likeness (QED) is 0.712. The van der Waals surface area contributed by atoms with E-state index in [4.69, 9.17) is 0 Å². The lowest BCUT2D eigenvalue weighted by molar-refractivity contribution is -0.127. The molecule has 1 heterocycles. The summed E-state index contributed by atoms with van der Waals surface area (Å²) < 4.78 is 26.3. The van der Waals surface area contributed by atoms with Gasteiger partial charge in [0, 0.05) is 20.6 Å². The Morgan fingerprint density at radius 2 is 2.11 bits per heavy atom. The SMILES string of the molecule is CC(C(=O)N(C)C)S(=O)(=O)NCCC1CCNC1.Cl. The molecule has 1 fully saturated rings. The molecule has 1 rings (SSSR count). The second kappa shape index (κ2) is 8.04. The number of halogens is 1. The molecular weight excluding hydrogens is 290 g/mol. The van der Waals surface area contributed by atoms with Crippen LogP contribution < -0.4 is 10.0 Å². The van der Waals surface area contributed by atoms with Crippen LogP contribution in [0.4, 0.5) is 0 Å². The summed E-state index contributed by atoms with van der Waals surface area (Å²) in [5.74, 6) is 0.137. The molecule has 0 aromatic carbocycles. The van der Waals surface area contributed by atoms with Crippen LogP contribution in [0.15, 0.2) is 0 Å². The minimum atomic E-state index is -3.56. The van der Waals surface area contributed by atoms with Crippen molar-refractivity contribution < 1.29 is 13.2 Å². The minimum Gasteiger partial charge on any atom is -0.348 e. The molecule has 0 aromatic heterocycles. The van der Waals surface area contributed by atoms with Crippen LogP contribution in [0, 0.1) is 5.92 Å². The number of carbonyl (C=O) groups excluding carboxylic acids is 1. The second-order valence-corrected chi connectivity index (χ2v) is 7.05. The fourth-order valence-electron chi connectivity index (χ4n) is 1.99. The molecule has 0 aliphatic carbocycles. The Hall–Kier alpha value is -0.370. The van der Waals surface area contributed by atoms with Gasteiger partial charge in [0.15, 0.2) is 5.25 Å². The van der Waals surface area contributed by atoms with E-state index in [2.05, 4.69) is 10.0 Å². The first kappa shape index (κ1) is 18.6. The molecule has 1 aliphatic rings.